The molecule has 0 unspecified atom stereocenters. The number of hydrogen-bond acceptors (Lipinski definition) is 5. The molecule has 3 rings (SSSR count). The van der Waals surface area contributed by atoms with Gasteiger partial charge in [-0.1, -0.05) is 49.7 Å². The molecule has 6 nitrogen and oxygen atoms in total. The SMILES string of the molecule is CCN(CC)S(=O)(=O)c1ccc(C(=O)Oc2cccc(/C=C(/C#N)c3cccc(Cl)c3)c2)cc1. The number of nitrogens with zero attached hydrogens (tertiary/aromatic N) is 2. The van der Waals surface area contributed by atoms with Crippen LogP contribution >= 0.6 is 11.6 Å². The summed E-state index contributed by atoms with van der Waals surface area (Å²) in [5.41, 5.74) is 1.98. The molecular weight excluding hydrogens is 472 g/mol. The van der Waals surface area contributed by atoms with E-state index in [4.69, 9.17) is 16.3 Å². The van der Waals surface area contributed by atoms with Crippen LogP contribution in [0.3, 0.4) is 0 Å². The Balaban J connectivity index is 1.79. The summed E-state index contributed by atoms with van der Waals surface area (Å²) in [6, 6.07) is 21.5. The molecule has 0 aliphatic heterocycles. The minimum absolute atomic E-state index is 0.116. The number of ether oxygens (including phenoxy) is 1. The second kappa shape index (κ2) is 11.1. The Morgan fingerprint density at radius 2 is 1.68 bits per heavy atom. The monoisotopic (exact) mass is 494 g/mol. The van der Waals surface area contributed by atoms with Crippen molar-refractivity contribution >= 4 is 39.2 Å². The maximum Gasteiger partial charge on any atom is 0.343 e. The number of carbonyl (C=O) groups is 1. The predicted octanol–water partition coefficient (Wildman–Crippen LogP) is 5.65. The van der Waals surface area contributed by atoms with E-state index >= 15 is 0 Å². The van der Waals surface area contributed by atoms with Crippen LogP contribution in [-0.2, 0) is 10.0 Å². The van der Waals surface area contributed by atoms with Gasteiger partial charge in [0, 0.05) is 18.1 Å². The third-order valence-electron chi connectivity index (χ3n) is 5.07. The first kappa shape index (κ1) is 25.2. The first-order valence-corrected chi connectivity index (χ1v) is 12.4. The van der Waals surface area contributed by atoms with Gasteiger partial charge in [0.15, 0.2) is 0 Å². The lowest BCUT2D eigenvalue weighted by atomic mass is 10.0. The zero-order chi connectivity index (χ0) is 24.7. The summed E-state index contributed by atoms with van der Waals surface area (Å²) in [4.78, 5) is 12.7. The van der Waals surface area contributed by atoms with Gasteiger partial charge in [0.1, 0.15) is 5.75 Å². The fourth-order valence-corrected chi connectivity index (χ4v) is 4.96. The zero-order valence-corrected chi connectivity index (χ0v) is 20.3. The van der Waals surface area contributed by atoms with Gasteiger partial charge in [-0.2, -0.15) is 9.57 Å². The molecule has 0 aliphatic rings. The molecule has 0 aliphatic carbocycles. The Kier molecular flexibility index (Phi) is 8.24. The van der Waals surface area contributed by atoms with Crippen LogP contribution in [0.5, 0.6) is 5.75 Å². The number of halogens is 1. The van der Waals surface area contributed by atoms with E-state index in [1.807, 2.05) is 0 Å². The molecule has 0 radical (unpaired) electrons. The number of rotatable bonds is 8. The van der Waals surface area contributed by atoms with Crippen LogP contribution in [0.25, 0.3) is 11.6 Å². The first-order chi connectivity index (χ1) is 16.3. The molecule has 0 N–H and O–H groups in total. The number of hydrogen-bond donors (Lipinski definition) is 0. The lowest BCUT2D eigenvalue weighted by Crippen LogP contribution is -2.30. The van der Waals surface area contributed by atoms with E-state index in [0.717, 1.165) is 0 Å². The van der Waals surface area contributed by atoms with E-state index < -0.39 is 16.0 Å². The van der Waals surface area contributed by atoms with Crippen molar-refractivity contribution in [2.24, 2.45) is 0 Å². The average molecular weight is 495 g/mol. The summed E-state index contributed by atoms with van der Waals surface area (Å²) in [6.45, 7) is 4.26. The molecule has 0 amide bonds. The maximum absolute atomic E-state index is 12.6. The van der Waals surface area contributed by atoms with Crippen LogP contribution in [-0.4, -0.2) is 31.8 Å². The standard InChI is InChI=1S/C26H23ClN2O4S/c1-3-29(4-2)34(31,32)25-13-11-20(12-14-25)26(30)33-24-10-5-7-19(16-24)15-22(18-28)21-8-6-9-23(27)17-21/h5-17H,3-4H2,1-2H3/b22-15-. The first-order valence-electron chi connectivity index (χ1n) is 10.6. The summed E-state index contributed by atoms with van der Waals surface area (Å²) in [6.07, 6.45) is 1.68. The Morgan fingerprint density at radius 1 is 1.00 bits per heavy atom. The van der Waals surface area contributed by atoms with E-state index in [1.165, 1.54) is 28.6 Å². The summed E-state index contributed by atoms with van der Waals surface area (Å²) in [5.74, 6) is -0.328. The van der Waals surface area contributed by atoms with Crippen molar-refractivity contribution in [3.05, 3.63) is 94.5 Å². The van der Waals surface area contributed by atoms with E-state index in [-0.39, 0.29) is 10.5 Å². The molecule has 0 saturated carbocycles. The van der Waals surface area contributed by atoms with Crippen molar-refractivity contribution < 1.29 is 17.9 Å². The van der Waals surface area contributed by atoms with Crippen LogP contribution < -0.4 is 4.74 Å². The number of benzene rings is 3. The van der Waals surface area contributed by atoms with E-state index in [9.17, 15) is 18.5 Å². The highest BCUT2D eigenvalue weighted by Crippen LogP contribution is 2.23. The molecule has 174 valence electrons. The van der Waals surface area contributed by atoms with Crippen LogP contribution in [0, 0.1) is 11.3 Å². The largest absolute Gasteiger partial charge is 0.423 e. The quantitative estimate of drug-likeness (QED) is 0.175. The molecule has 0 fully saturated rings. The topological polar surface area (TPSA) is 87.5 Å². The highest BCUT2D eigenvalue weighted by molar-refractivity contribution is 7.89. The zero-order valence-electron chi connectivity index (χ0n) is 18.7. The lowest BCUT2D eigenvalue weighted by molar-refractivity contribution is 0.0734. The predicted molar refractivity (Wildman–Crippen MR) is 133 cm³/mol. The van der Waals surface area contributed by atoms with Gasteiger partial charge in [-0.25, -0.2) is 13.2 Å². The smallest absolute Gasteiger partial charge is 0.343 e. The van der Waals surface area contributed by atoms with Crippen LogP contribution in [0.15, 0.2) is 77.7 Å². The second-order valence-electron chi connectivity index (χ2n) is 7.26. The van der Waals surface area contributed by atoms with Gasteiger partial charge in [0.25, 0.3) is 0 Å². The lowest BCUT2D eigenvalue weighted by Gasteiger charge is -2.18. The van der Waals surface area contributed by atoms with Crippen LogP contribution in [0.1, 0.15) is 35.3 Å². The number of carbonyl (C=O) groups excluding carboxylic acids is 1. The van der Waals surface area contributed by atoms with Gasteiger partial charge in [-0.3, -0.25) is 0 Å². The van der Waals surface area contributed by atoms with Crippen molar-refractivity contribution in [3.63, 3.8) is 0 Å². The molecule has 0 aromatic heterocycles. The highest BCUT2D eigenvalue weighted by atomic mass is 35.5. The minimum Gasteiger partial charge on any atom is -0.423 e. The molecule has 0 heterocycles. The van der Waals surface area contributed by atoms with E-state index in [0.29, 0.717) is 40.6 Å². The Labute approximate surface area is 204 Å². The van der Waals surface area contributed by atoms with Crippen molar-refractivity contribution in [1.82, 2.24) is 4.31 Å². The number of allylic oxidation sites excluding steroid dienone is 1. The van der Waals surface area contributed by atoms with Gasteiger partial charge in [0.05, 0.1) is 22.1 Å². The average Bonchev–Trinajstić information content (AvgIpc) is 2.83. The van der Waals surface area contributed by atoms with Crippen LogP contribution in [0.2, 0.25) is 5.02 Å². The maximum atomic E-state index is 12.6. The molecule has 0 atom stereocenters. The van der Waals surface area contributed by atoms with Crippen molar-refractivity contribution in [1.29, 1.82) is 5.26 Å². The van der Waals surface area contributed by atoms with Gasteiger partial charge in [-0.15, -0.1) is 0 Å². The van der Waals surface area contributed by atoms with Gasteiger partial charge in [-0.05, 0) is 65.7 Å². The second-order valence-corrected chi connectivity index (χ2v) is 9.63. The van der Waals surface area contributed by atoms with E-state index in [2.05, 4.69) is 6.07 Å². The van der Waals surface area contributed by atoms with Gasteiger partial charge < -0.3 is 4.74 Å². The molecule has 3 aromatic rings. The molecule has 0 saturated heterocycles. The highest BCUT2D eigenvalue weighted by Gasteiger charge is 2.22. The van der Waals surface area contributed by atoms with Crippen LogP contribution in [0.4, 0.5) is 0 Å². The number of sulfonamides is 1. The van der Waals surface area contributed by atoms with E-state index in [1.54, 1.807) is 68.5 Å². The molecule has 3 aromatic carbocycles. The van der Waals surface area contributed by atoms with Crippen molar-refractivity contribution in [3.8, 4) is 11.8 Å². The third-order valence-corrected chi connectivity index (χ3v) is 7.37. The van der Waals surface area contributed by atoms with Gasteiger partial charge in [0.2, 0.25) is 10.0 Å². The molecule has 34 heavy (non-hydrogen) atoms. The molecule has 8 heteroatoms. The normalized spacial score (nSPS) is 11.8. The molecule has 0 bridgehead atoms. The van der Waals surface area contributed by atoms with Gasteiger partial charge >= 0.3 is 5.97 Å². The summed E-state index contributed by atoms with van der Waals surface area (Å²) >= 11 is 6.02. The number of esters is 1. The summed E-state index contributed by atoms with van der Waals surface area (Å²) in [7, 11) is -3.61. The number of nitriles is 1. The fraction of sp³-hybridized carbons (Fsp3) is 0.154. The summed E-state index contributed by atoms with van der Waals surface area (Å²) in [5, 5.41) is 10.1. The molecular formula is C26H23ClN2O4S. The Bertz CT molecular complexity index is 1360. The fourth-order valence-electron chi connectivity index (χ4n) is 3.31. The van der Waals surface area contributed by atoms with Crippen molar-refractivity contribution in [2.75, 3.05) is 13.1 Å². The Morgan fingerprint density at radius 3 is 2.29 bits per heavy atom. The van der Waals surface area contributed by atoms with Crippen molar-refractivity contribution in [2.45, 2.75) is 18.7 Å². The Hall–Kier alpha value is -3.44. The molecule has 0 spiro atoms. The minimum atomic E-state index is -3.61. The third kappa shape index (κ3) is 5.91. The summed E-state index contributed by atoms with van der Waals surface area (Å²) < 4.78 is 32.0.